The maximum absolute atomic E-state index is 12.4. The molecule has 0 unspecified atom stereocenters. The lowest BCUT2D eigenvalue weighted by atomic mass is 10.2. The smallest absolute Gasteiger partial charge is 0.433 e. The molecule has 1 heterocycles. The van der Waals surface area contributed by atoms with Crippen molar-refractivity contribution in [1.29, 1.82) is 0 Å². The Morgan fingerprint density at radius 1 is 1.35 bits per heavy atom. The van der Waals surface area contributed by atoms with Crippen molar-refractivity contribution in [2.45, 2.75) is 12.6 Å². The lowest BCUT2D eigenvalue weighted by molar-refractivity contribution is -0.142. The monoisotopic (exact) mass is 249 g/mol. The summed E-state index contributed by atoms with van der Waals surface area (Å²) in [4.78, 5) is 14.4. The van der Waals surface area contributed by atoms with Crippen molar-refractivity contribution in [2.24, 2.45) is 0 Å². The Morgan fingerprint density at radius 3 is 2.47 bits per heavy atom. The van der Waals surface area contributed by atoms with E-state index in [4.69, 9.17) is 4.74 Å². The molecule has 7 heteroatoms. The maximum Gasteiger partial charge on any atom is 0.433 e. The van der Waals surface area contributed by atoms with E-state index in [2.05, 4.69) is 9.72 Å². The summed E-state index contributed by atoms with van der Waals surface area (Å²) in [6.45, 7) is 0. The number of halogens is 3. The van der Waals surface area contributed by atoms with Gasteiger partial charge in [0.2, 0.25) is 0 Å². The highest BCUT2D eigenvalue weighted by atomic mass is 19.4. The average molecular weight is 249 g/mol. The van der Waals surface area contributed by atoms with E-state index in [1.165, 1.54) is 7.11 Å². The molecule has 0 saturated carbocycles. The summed E-state index contributed by atoms with van der Waals surface area (Å²) >= 11 is 0. The van der Waals surface area contributed by atoms with E-state index in [1.807, 2.05) is 0 Å². The van der Waals surface area contributed by atoms with Crippen LogP contribution in [0.4, 0.5) is 13.2 Å². The van der Waals surface area contributed by atoms with E-state index in [1.54, 1.807) is 0 Å². The molecule has 1 aromatic heterocycles. The number of esters is 1. The highest BCUT2D eigenvalue weighted by Crippen LogP contribution is 2.30. The first-order valence-corrected chi connectivity index (χ1v) is 4.56. The van der Waals surface area contributed by atoms with Gasteiger partial charge in [-0.05, 0) is 12.1 Å². The SMILES string of the molecule is COC(=O)Cc1nc(C(F)(F)F)ccc1OC. The molecule has 17 heavy (non-hydrogen) atoms. The third-order valence-electron chi connectivity index (χ3n) is 1.98. The zero-order chi connectivity index (χ0) is 13.1. The number of rotatable bonds is 3. The van der Waals surface area contributed by atoms with Crippen LogP contribution >= 0.6 is 0 Å². The fraction of sp³-hybridized carbons (Fsp3) is 0.400. The molecule has 0 aliphatic rings. The van der Waals surface area contributed by atoms with Crippen LogP contribution in [0.3, 0.4) is 0 Å². The van der Waals surface area contributed by atoms with Gasteiger partial charge >= 0.3 is 12.1 Å². The largest absolute Gasteiger partial charge is 0.495 e. The molecule has 0 N–H and O–H groups in total. The number of carbonyl (C=O) groups excluding carboxylic acids is 1. The van der Waals surface area contributed by atoms with E-state index in [9.17, 15) is 18.0 Å². The molecule has 0 aliphatic carbocycles. The van der Waals surface area contributed by atoms with Crippen LogP contribution in [0.1, 0.15) is 11.4 Å². The van der Waals surface area contributed by atoms with Gasteiger partial charge in [-0.15, -0.1) is 0 Å². The van der Waals surface area contributed by atoms with Gasteiger partial charge in [0.05, 0.1) is 26.3 Å². The van der Waals surface area contributed by atoms with Gasteiger partial charge in [0, 0.05) is 0 Å². The number of methoxy groups -OCH3 is 2. The zero-order valence-corrected chi connectivity index (χ0v) is 9.17. The molecule has 0 saturated heterocycles. The molecule has 0 atom stereocenters. The highest BCUT2D eigenvalue weighted by Gasteiger charge is 2.33. The molecule has 0 fully saturated rings. The van der Waals surface area contributed by atoms with Gasteiger partial charge in [-0.3, -0.25) is 4.79 Å². The van der Waals surface area contributed by atoms with Crippen LogP contribution < -0.4 is 4.74 Å². The topological polar surface area (TPSA) is 48.4 Å². The van der Waals surface area contributed by atoms with Crippen molar-refractivity contribution in [1.82, 2.24) is 4.98 Å². The summed E-state index contributed by atoms with van der Waals surface area (Å²) in [5.41, 5.74) is -1.17. The van der Waals surface area contributed by atoms with Crippen LogP contribution in [-0.4, -0.2) is 25.2 Å². The summed E-state index contributed by atoms with van der Waals surface area (Å²) in [6, 6.07) is 1.91. The van der Waals surface area contributed by atoms with Crippen LogP contribution in [0.25, 0.3) is 0 Å². The van der Waals surface area contributed by atoms with Crippen LogP contribution in [0, 0.1) is 0 Å². The third-order valence-corrected chi connectivity index (χ3v) is 1.98. The van der Waals surface area contributed by atoms with Crippen LogP contribution in [0.2, 0.25) is 0 Å². The normalized spacial score (nSPS) is 11.1. The Bertz CT molecular complexity index is 418. The lowest BCUT2D eigenvalue weighted by Crippen LogP contribution is -2.13. The van der Waals surface area contributed by atoms with Crippen LogP contribution in [0.5, 0.6) is 5.75 Å². The highest BCUT2D eigenvalue weighted by molar-refractivity contribution is 5.72. The molecule has 0 bridgehead atoms. The average Bonchev–Trinajstić information content (AvgIpc) is 2.27. The fourth-order valence-corrected chi connectivity index (χ4v) is 1.17. The first-order valence-electron chi connectivity index (χ1n) is 4.56. The quantitative estimate of drug-likeness (QED) is 0.767. The second-order valence-corrected chi connectivity index (χ2v) is 3.10. The minimum Gasteiger partial charge on any atom is -0.495 e. The van der Waals surface area contributed by atoms with Crippen molar-refractivity contribution in [3.05, 3.63) is 23.5 Å². The number of pyridine rings is 1. The third kappa shape index (κ3) is 3.33. The van der Waals surface area contributed by atoms with Gasteiger partial charge in [0.15, 0.2) is 0 Å². The van der Waals surface area contributed by atoms with Gasteiger partial charge in [-0.25, -0.2) is 4.98 Å². The summed E-state index contributed by atoms with van der Waals surface area (Å²) in [5.74, 6) is -0.571. The van der Waals surface area contributed by atoms with E-state index in [0.29, 0.717) is 0 Å². The molecule has 0 spiro atoms. The Morgan fingerprint density at radius 2 is 2.00 bits per heavy atom. The standard InChI is InChI=1S/C10H10F3NO3/c1-16-7-3-4-8(10(11,12)13)14-6(7)5-9(15)17-2/h3-4H,5H2,1-2H3. The van der Waals surface area contributed by atoms with Gasteiger partial charge in [0.1, 0.15) is 11.4 Å². The minimum absolute atomic E-state index is 0.103. The molecule has 0 aromatic carbocycles. The van der Waals surface area contributed by atoms with Gasteiger partial charge < -0.3 is 9.47 Å². The van der Waals surface area contributed by atoms with Gasteiger partial charge in [-0.1, -0.05) is 0 Å². The van der Waals surface area contributed by atoms with Crippen molar-refractivity contribution >= 4 is 5.97 Å². The van der Waals surface area contributed by atoms with Gasteiger partial charge in [0.25, 0.3) is 0 Å². The fourth-order valence-electron chi connectivity index (χ4n) is 1.17. The zero-order valence-electron chi connectivity index (χ0n) is 9.17. The lowest BCUT2D eigenvalue weighted by Gasteiger charge is -2.10. The molecular weight excluding hydrogens is 239 g/mol. The molecule has 0 amide bonds. The number of aromatic nitrogens is 1. The van der Waals surface area contributed by atoms with Crippen molar-refractivity contribution in [3.63, 3.8) is 0 Å². The number of hydrogen-bond acceptors (Lipinski definition) is 4. The van der Waals surface area contributed by atoms with Crippen LogP contribution in [0.15, 0.2) is 12.1 Å². The van der Waals surface area contributed by atoms with E-state index < -0.39 is 17.8 Å². The maximum atomic E-state index is 12.4. The number of alkyl halides is 3. The number of ether oxygens (including phenoxy) is 2. The Hall–Kier alpha value is -1.79. The Kier molecular flexibility index (Phi) is 3.93. The summed E-state index contributed by atoms with van der Waals surface area (Å²) in [7, 11) is 2.42. The molecule has 4 nitrogen and oxygen atoms in total. The van der Waals surface area contributed by atoms with Crippen LogP contribution in [-0.2, 0) is 22.1 Å². The molecule has 0 aliphatic heterocycles. The Labute approximate surface area is 95.4 Å². The van der Waals surface area contributed by atoms with E-state index >= 15 is 0 Å². The van der Waals surface area contributed by atoms with Crippen molar-refractivity contribution < 1.29 is 27.4 Å². The molecule has 1 aromatic rings. The predicted molar refractivity (Wildman–Crippen MR) is 51.5 cm³/mol. The predicted octanol–water partition coefficient (Wildman–Crippen LogP) is 1.82. The van der Waals surface area contributed by atoms with Crippen molar-refractivity contribution in [3.8, 4) is 5.75 Å². The second-order valence-electron chi connectivity index (χ2n) is 3.10. The first kappa shape index (κ1) is 13.3. The number of carbonyl (C=O) groups is 1. The number of nitrogens with zero attached hydrogens (tertiary/aromatic N) is 1. The molecule has 94 valence electrons. The minimum atomic E-state index is -4.56. The van der Waals surface area contributed by atoms with Crippen molar-refractivity contribution in [2.75, 3.05) is 14.2 Å². The first-order chi connectivity index (χ1) is 7.88. The molecular formula is C10H10F3NO3. The molecule has 0 radical (unpaired) electrons. The number of hydrogen-bond donors (Lipinski definition) is 0. The summed E-state index contributed by atoms with van der Waals surface area (Å²) in [6.07, 6.45) is -4.93. The van der Waals surface area contributed by atoms with E-state index in [0.717, 1.165) is 19.2 Å². The van der Waals surface area contributed by atoms with Gasteiger partial charge in [-0.2, -0.15) is 13.2 Å². The Balaban J connectivity index is 3.11. The molecule has 1 rings (SSSR count). The van der Waals surface area contributed by atoms with E-state index in [-0.39, 0.29) is 17.9 Å². The summed E-state index contributed by atoms with van der Waals surface area (Å²) < 4.78 is 46.4. The summed E-state index contributed by atoms with van der Waals surface area (Å²) in [5, 5.41) is 0. The second kappa shape index (κ2) is 5.03.